The number of rotatable bonds is 8. The average Bonchev–Trinajstić information content (AvgIpc) is 2.74. The fraction of sp³-hybridized carbons (Fsp3) is 0.409. The molecular formula is C22H26ClNO6S. The molecule has 7 nitrogen and oxygen atoms in total. The number of carbonyl (C=O) groups is 1. The molecule has 9 heteroatoms. The zero-order valence-corrected chi connectivity index (χ0v) is 18.6. The first-order chi connectivity index (χ1) is 14.7. The van der Waals surface area contributed by atoms with E-state index in [9.17, 15) is 20.1 Å². The Hall–Kier alpha value is -1.81. The van der Waals surface area contributed by atoms with Gasteiger partial charge in [0, 0.05) is 10.9 Å². The molecule has 0 aromatic heterocycles. The van der Waals surface area contributed by atoms with E-state index in [0.29, 0.717) is 29.8 Å². The lowest BCUT2D eigenvalue weighted by atomic mass is 9.87. The van der Waals surface area contributed by atoms with Crippen molar-refractivity contribution in [1.29, 1.82) is 0 Å². The van der Waals surface area contributed by atoms with E-state index < -0.39 is 29.2 Å². The van der Waals surface area contributed by atoms with Crippen LogP contribution in [-0.4, -0.2) is 57.5 Å². The van der Waals surface area contributed by atoms with Crippen LogP contribution in [-0.2, 0) is 16.0 Å². The molecule has 2 aromatic carbocycles. The molecular weight excluding hydrogens is 442 g/mol. The van der Waals surface area contributed by atoms with E-state index >= 15 is 0 Å². The second-order valence-electron chi connectivity index (χ2n) is 7.34. The summed E-state index contributed by atoms with van der Waals surface area (Å²) in [4.78, 5) is 11.0. The fourth-order valence-corrected chi connectivity index (χ4v) is 4.47. The first-order valence-corrected chi connectivity index (χ1v) is 11.2. The highest BCUT2D eigenvalue weighted by atomic mass is 35.5. The number of amides is 1. The van der Waals surface area contributed by atoms with Crippen molar-refractivity contribution >= 4 is 29.3 Å². The molecule has 1 aliphatic rings. The Morgan fingerprint density at radius 1 is 1.29 bits per heavy atom. The number of carbonyl (C=O) groups excluding carboxylic acids is 1. The molecule has 0 bridgehead atoms. The number of benzene rings is 2. The zero-order valence-electron chi connectivity index (χ0n) is 17.0. The molecule has 1 saturated heterocycles. The minimum atomic E-state index is -2.11. The van der Waals surface area contributed by atoms with Gasteiger partial charge in [0.05, 0.1) is 25.1 Å². The summed E-state index contributed by atoms with van der Waals surface area (Å²) in [5.74, 6) is -0.703. The monoisotopic (exact) mass is 467 g/mol. The maximum atomic E-state index is 11.0. The summed E-state index contributed by atoms with van der Waals surface area (Å²) < 4.78 is 10.9. The predicted molar refractivity (Wildman–Crippen MR) is 119 cm³/mol. The van der Waals surface area contributed by atoms with Crippen LogP contribution >= 0.6 is 23.4 Å². The number of hydrogen-bond donors (Lipinski definition) is 4. The molecule has 1 amide bonds. The molecule has 3 rings (SSSR count). The van der Waals surface area contributed by atoms with Gasteiger partial charge >= 0.3 is 0 Å². The van der Waals surface area contributed by atoms with Crippen LogP contribution in [0.2, 0.25) is 5.02 Å². The van der Waals surface area contributed by atoms with Gasteiger partial charge in [-0.05, 0) is 48.2 Å². The summed E-state index contributed by atoms with van der Waals surface area (Å²) >= 11 is 7.04. The standard InChI is InChI=1S/C22H26ClNO6S/c1-2-29-16-6-3-13(4-7-16)9-15-10-14(5-8-18(15)23)17-11-30-22(28,21(27)20(17)26)31-12-19(24)25/h3-8,10,17,20-21,26-28H,2,9,11-12H2,1H3,(H2,24,25). The summed E-state index contributed by atoms with van der Waals surface area (Å²) in [7, 11) is 0. The molecule has 1 heterocycles. The van der Waals surface area contributed by atoms with Crippen LogP contribution in [0, 0.1) is 0 Å². The van der Waals surface area contributed by atoms with Crippen molar-refractivity contribution in [2.24, 2.45) is 5.73 Å². The molecule has 0 aliphatic carbocycles. The Bertz CT molecular complexity index is 911. The van der Waals surface area contributed by atoms with Crippen molar-refractivity contribution < 1.29 is 29.6 Å². The highest BCUT2D eigenvalue weighted by Gasteiger charge is 2.49. The summed E-state index contributed by atoms with van der Waals surface area (Å²) in [5, 5.41) is 30.0. The Morgan fingerprint density at radius 3 is 2.65 bits per heavy atom. The lowest BCUT2D eigenvalue weighted by Crippen LogP contribution is -2.56. The lowest BCUT2D eigenvalue weighted by Gasteiger charge is -2.42. The summed E-state index contributed by atoms with van der Waals surface area (Å²) in [5.41, 5.74) is 7.71. The molecule has 0 radical (unpaired) electrons. The van der Waals surface area contributed by atoms with Gasteiger partial charge < -0.3 is 30.5 Å². The molecule has 2 aromatic rings. The van der Waals surface area contributed by atoms with Gasteiger partial charge in [-0.1, -0.05) is 47.6 Å². The Morgan fingerprint density at radius 2 is 2.00 bits per heavy atom. The van der Waals surface area contributed by atoms with Crippen molar-refractivity contribution in [1.82, 2.24) is 0 Å². The summed E-state index contributed by atoms with van der Waals surface area (Å²) in [6, 6.07) is 13.1. The van der Waals surface area contributed by atoms with Gasteiger partial charge in [0.25, 0.3) is 0 Å². The molecule has 168 valence electrons. The zero-order chi connectivity index (χ0) is 22.6. The minimum absolute atomic E-state index is 0.0510. The van der Waals surface area contributed by atoms with Crippen molar-refractivity contribution in [3.05, 3.63) is 64.2 Å². The van der Waals surface area contributed by atoms with E-state index in [2.05, 4.69) is 0 Å². The summed E-state index contributed by atoms with van der Waals surface area (Å²) in [6.45, 7) is 2.47. The Kier molecular flexibility index (Phi) is 7.85. The molecule has 1 fully saturated rings. The van der Waals surface area contributed by atoms with Crippen molar-refractivity contribution in [3.8, 4) is 5.75 Å². The van der Waals surface area contributed by atoms with E-state index in [1.807, 2.05) is 37.3 Å². The van der Waals surface area contributed by atoms with E-state index in [-0.39, 0.29) is 12.4 Å². The maximum Gasteiger partial charge on any atom is 0.245 e. The third-order valence-corrected chi connectivity index (χ3v) is 6.70. The van der Waals surface area contributed by atoms with E-state index in [0.717, 1.165) is 22.4 Å². The van der Waals surface area contributed by atoms with Gasteiger partial charge in [0.15, 0.2) is 0 Å². The lowest BCUT2D eigenvalue weighted by molar-refractivity contribution is -0.250. The van der Waals surface area contributed by atoms with Crippen LogP contribution in [0.3, 0.4) is 0 Å². The van der Waals surface area contributed by atoms with Crippen LogP contribution in [0.1, 0.15) is 29.5 Å². The van der Waals surface area contributed by atoms with Crippen LogP contribution in [0.25, 0.3) is 0 Å². The average molecular weight is 468 g/mol. The van der Waals surface area contributed by atoms with Crippen molar-refractivity contribution in [2.45, 2.75) is 36.6 Å². The number of nitrogens with two attached hydrogens (primary N) is 1. The van der Waals surface area contributed by atoms with Gasteiger partial charge in [-0.15, -0.1) is 0 Å². The highest BCUT2D eigenvalue weighted by molar-refractivity contribution is 8.01. The molecule has 5 N–H and O–H groups in total. The van der Waals surface area contributed by atoms with Crippen LogP contribution < -0.4 is 10.5 Å². The van der Waals surface area contributed by atoms with E-state index in [1.54, 1.807) is 12.1 Å². The maximum absolute atomic E-state index is 11.0. The molecule has 1 aliphatic heterocycles. The third-order valence-electron chi connectivity index (χ3n) is 5.13. The van der Waals surface area contributed by atoms with Gasteiger partial charge in [-0.3, -0.25) is 4.79 Å². The second-order valence-corrected chi connectivity index (χ2v) is 8.91. The van der Waals surface area contributed by atoms with Crippen molar-refractivity contribution in [3.63, 3.8) is 0 Å². The quantitative estimate of drug-likeness (QED) is 0.438. The first kappa shape index (κ1) is 23.8. The Balaban J connectivity index is 1.75. The smallest absolute Gasteiger partial charge is 0.245 e. The van der Waals surface area contributed by atoms with E-state index in [1.165, 1.54) is 0 Å². The SMILES string of the molecule is CCOc1ccc(Cc2cc(C3COC(O)(SCC(N)=O)C(O)C3O)ccc2Cl)cc1. The third kappa shape index (κ3) is 5.71. The van der Waals surface area contributed by atoms with Gasteiger partial charge in [-0.25, -0.2) is 0 Å². The topological polar surface area (TPSA) is 122 Å². The molecule has 4 unspecified atom stereocenters. The fourth-order valence-electron chi connectivity index (χ4n) is 3.47. The van der Waals surface area contributed by atoms with Gasteiger partial charge in [0.2, 0.25) is 11.0 Å². The minimum Gasteiger partial charge on any atom is -0.494 e. The van der Waals surface area contributed by atoms with Gasteiger partial charge in [0.1, 0.15) is 11.9 Å². The predicted octanol–water partition coefficient (Wildman–Crippen LogP) is 2.03. The first-order valence-electron chi connectivity index (χ1n) is 9.88. The molecule has 31 heavy (non-hydrogen) atoms. The number of ether oxygens (including phenoxy) is 2. The number of primary amides is 1. The summed E-state index contributed by atoms with van der Waals surface area (Å²) in [6.07, 6.45) is -2.36. The number of thioether (sulfide) groups is 1. The van der Waals surface area contributed by atoms with Gasteiger partial charge in [-0.2, -0.15) is 0 Å². The molecule has 4 atom stereocenters. The molecule has 0 spiro atoms. The number of halogens is 1. The highest BCUT2D eigenvalue weighted by Crippen LogP contribution is 2.40. The largest absolute Gasteiger partial charge is 0.494 e. The van der Waals surface area contributed by atoms with Crippen LogP contribution in [0.15, 0.2) is 42.5 Å². The van der Waals surface area contributed by atoms with Crippen LogP contribution in [0.5, 0.6) is 5.75 Å². The Labute approximate surface area is 190 Å². The van der Waals surface area contributed by atoms with Crippen LogP contribution in [0.4, 0.5) is 0 Å². The number of aliphatic hydroxyl groups is 3. The second kappa shape index (κ2) is 10.2. The normalized spacial score (nSPS) is 25.9. The van der Waals surface area contributed by atoms with Crippen molar-refractivity contribution in [2.75, 3.05) is 19.0 Å². The number of aliphatic hydroxyl groups excluding tert-OH is 2. The van der Waals surface area contributed by atoms with E-state index in [4.69, 9.17) is 26.8 Å². The molecule has 0 saturated carbocycles. The number of hydrogen-bond acceptors (Lipinski definition) is 7.